The van der Waals surface area contributed by atoms with Crippen molar-refractivity contribution in [1.82, 2.24) is 4.98 Å². The van der Waals surface area contributed by atoms with E-state index in [1.807, 2.05) is 6.20 Å². The molecule has 0 fully saturated rings. The lowest BCUT2D eigenvalue weighted by molar-refractivity contribution is 0.409. The molecule has 1 nitrogen and oxygen atoms in total. The summed E-state index contributed by atoms with van der Waals surface area (Å²) in [7, 11) is 0. The first-order chi connectivity index (χ1) is 8.74. The van der Waals surface area contributed by atoms with Gasteiger partial charge < -0.3 is 0 Å². The fraction of sp³-hybridized carbons (Fsp3) is 0.438. The first kappa shape index (κ1) is 13.3. The Kier molecular flexibility index (Phi) is 4.54. The van der Waals surface area contributed by atoms with Gasteiger partial charge in [-0.15, -0.1) is 11.3 Å². The maximum absolute atomic E-state index is 4.53. The molecular weight excluding hydrogens is 238 g/mol. The van der Waals surface area contributed by atoms with Crippen LogP contribution in [0.5, 0.6) is 0 Å². The maximum Gasteiger partial charge on any atom is 0.0961 e. The zero-order valence-electron chi connectivity index (χ0n) is 11.3. The largest absolute Gasteiger partial charge is 0.249 e. The molecule has 0 radical (unpaired) electrons. The molecule has 0 aliphatic rings. The van der Waals surface area contributed by atoms with Gasteiger partial charge in [-0.25, -0.2) is 4.98 Å². The van der Waals surface area contributed by atoms with Crippen LogP contribution in [0.4, 0.5) is 0 Å². The minimum Gasteiger partial charge on any atom is -0.249 e. The van der Waals surface area contributed by atoms with Gasteiger partial charge in [0.1, 0.15) is 0 Å². The van der Waals surface area contributed by atoms with Gasteiger partial charge in [-0.05, 0) is 23.8 Å². The van der Waals surface area contributed by atoms with E-state index < -0.39 is 0 Å². The Morgan fingerprint density at radius 3 is 2.39 bits per heavy atom. The van der Waals surface area contributed by atoms with Crippen LogP contribution in [0.2, 0.25) is 0 Å². The van der Waals surface area contributed by atoms with Crippen LogP contribution >= 0.6 is 11.3 Å². The van der Waals surface area contributed by atoms with Crippen LogP contribution < -0.4 is 0 Å². The van der Waals surface area contributed by atoms with Crippen LogP contribution in [-0.2, 0) is 0 Å². The molecule has 0 N–H and O–H groups in total. The molecule has 2 unspecified atom stereocenters. The monoisotopic (exact) mass is 259 g/mol. The third-order valence-electron chi connectivity index (χ3n) is 3.54. The fourth-order valence-electron chi connectivity index (χ4n) is 2.76. The van der Waals surface area contributed by atoms with Crippen molar-refractivity contribution in [2.75, 3.05) is 0 Å². The van der Waals surface area contributed by atoms with E-state index in [9.17, 15) is 0 Å². The highest BCUT2D eigenvalue weighted by atomic mass is 32.1. The van der Waals surface area contributed by atoms with Gasteiger partial charge in [0, 0.05) is 17.5 Å². The standard InChI is InChI=1S/C16H21NS/c1-4-14(16-17-10-11-18-16)15(12(2)3)13-8-6-5-7-9-13/h5-12,14-15H,4H2,1-3H3. The van der Waals surface area contributed by atoms with Crippen molar-refractivity contribution < 1.29 is 0 Å². The molecule has 0 amide bonds. The second-order valence-electron chi connectivity index (χ2n) is 5.07. The maximum atomic E-state index is 4.53. The van der Waals surface area contributed by atoms with Gasteiger partial charge in [-0.3, -0.25) is 0 Å². The Balaban J connectivity index is 2.35. The highest BCUT2D eigenvalue weighted by molar-refractivity contribution is 7.09. The summed E-state index contributed by atoms with van der Waals surface area (Å²) in [6.45, 7) is 6.90. The SMILES string of the molecule is CCC(c1nccs1)C(c1ccccc1)C(C)C. The van der Waals surface area contributed by atoms with Crippen molar-refractivity contribution in [3.63, 3.8) is 0 Å². The van der Waals surface area contributed by atoms with Crippen molar-refractivity contribution in [3.8, 4) is 0 Å². The molecule has 2 aromatic rings. The summed E-state index contributed by atoms with van der Waals surface area (Å²) in [6, 6.07) is 10.9. The van der Waals surface area contributed by atoms with E-state index in [4.69, 9.17) is 0 Å². The molecule has 2 rings (SSSR count). The number of rotatable bonds is 5. The Hall–Kier alpha value is -1.15. The smallest absolute Gasteiger partial charge is 0.0961 e. The number of benzene rings is 1. The van der Waals surface area contributed by atoms with Gasteiger partial charge >= 0.3 is 0 Å². The van der Waals surface area contributed by atoms with Crippen molar-refractivity contribution in [2.45, 2.75) is 39.0 Å². The van der Waals surface area contributed by atoms with Gasteiger partial charge in [-0.1, -0.05) is 51.1 Å². The lowest BCUT2D eigenvalue weighted by atomic mass is 9.77. The Morgan fingerprint density at radius 1 is 1.17 bits per heavy atom. The molecule has 0 saturated heterocycles. The van der Waals surface area contributed by atoms with Gasteiger partial charge in [0.25, 0.3) is 0 Å². The molecule has 18 heavy (non-hydrogen) atoms. The van der Waals surface area contributed by atoms with E-state index in [1.165, 1.54) is 10.6 Å². The van der Waals surface area contributed by atoms with Crippen molar-refractivity contribution >= 4 is 11.3 Å². The number of hydrogen-bond acceptors (Lipinski definition) is 2. The summed E-state index contributed by atoms with van der Waals surface area (Å²) >= 11 is 1.78. The lowest BCUT2D eigenvalue weighted by Gasteiger charge is -2.28. The van der Waals surface area contributed by atoms with E-state index in [1.54, 1.807) is 11.3 Å². The van der Waals surface area contributed by atoms with Gasteiger partial charge in [0.2, 0.25) is 0 Å². The molecule has 0 spiro atoms. The van der Waals surface area contributed by atoms with Crippen LogP contribution in [0.3, 0.4) is 0 Å². The molecule has 1 aromatic heterocycles. The Bertz CT molecular complexity index is 447. The highest BCUT2D eigenvalue weighted by Crippen LogP contribution is 2.41. The summed E-state index contributed by atoms with van der Waals surface area (Å²) in [5.74, 6) is 1.72. The molecule has 2 atom stereocenters. The van der Waals surface area contributed by atoms with Crippen LogP contribution in [0.1, 0.15) is 49.6 Å². The lowest BCUT2D eigenvalue weighted by Crippen LogP contribution is -2.16. The van der Waals surface area contributed by atoms with Gasteiger partial charge in [0.05, 0.1) is 5.01 Å². The first-order valence-electron chi connectivity index (χ1n) is 6.68. The van der Waals surface area contributed by atoms with Crippen LogP contribution in [-0.4, -0.2) is 4.98 Å². The minimum absolute atomic E-state index is 0.535. The molecule has 1 aromatic carbocycles. The molecule has 96 valence electrons. The second-order valence-corrected chi connectivity index (χ2v) is 5.99. The number of aromatic nitrogens is 1. The summed E-state index contributed by atoms with van der Waals surface area (Å²) in [5.41, 5.74) is 1.44. The Morgan fingerprint density at radius 2 is 1.89 bits per heavy atom. The van der Waals surface area contributed by atoms with Crippen LogP contribution in [0, 0.1) is 5.92 Å². The van der Waals surface area contributed by atoms with Crippen molar-refractivity contribution in [3.05, 3.63) is 52.5 Å². The van der Waals surface area contributed by atoms with Crippen molar-refractivity contribution in [1.29, 1.82) is 0 Å². The fourth-order valence-corrected chi connectivity index (χ4v) is 3.63. The molecule has 0 aliphatic heterocycles. The quantitative estimate of drug-likeness (QED) is 0.730. The topological polar surface area (TPSA) is 12.9 Å². The number of thiazole rings is 1. The first-order valence-corrected chi connectivity index (χ1v) is 7.56. The van der Waals surface area contributed by atoms with Crippen LogP contribution in [0.25, 0.3) is 0 Å². The molecule has 2 heteroatoms. The third kappa shape index (κ3) is 2.81. The zero-order valence-corrected chi connectivity index (χ0v) is 12.2. The van der Waals surface area contributed by atoms with Gasteiger partial charge in [-0.2, -0.15) is 0 Å². The second kappa shape index (κ2) is 6.14. The Labute approximate surface area is 114 Å². The van der Waals surface area contributed by atoms with E-state index in [0.717, 1.165) is 6.42 Å². The normalized spacial score (nSPS) is 14.7. The summed E-state index contributed by atoms with van der Waals surface area (Å²) in [4.78, 5) is 4.53. The third-order valence-corrected chi connectivity index (χ3v) is 4.45. The predicted octanol–water partition coefficient (Wildman–Crippen LogP) is 5.08. The zero-order chi connectivity index (χ0) is 13.0. The summed E-state index contributed by atoms with van der Waals surface area (Å²) < 4.78 is 0. The molecule has 1 heterocycles. The predicted molar refractivity (Wildman–Crippen MR) is 79.2 cm³/mol. The molecule has 0 bridgehead atoms. The average Bonchev–Trinajstić information content (AvgIpc) is 2.90. The summed E-state index contributed by atoms with van der Waals surface area (Å²) in [5, 5.41) is 3.36. The molecular formula is C16H21NS. The van der Waals surface area contributed by atoms with Crippen molar-refractivity contribution in [2.24, 2.45) is 5.92 Å². The van der Waals surface area contributed by atoms with E-state index in [2.05, 4.69) is 61.5 Å². The van der Waals surface area contributed by atoms with Gasteiger partial charge in [0.15, 0.2) is 0 Å². The van der Waals surface area contributed by atoms with E-state index in [0.29, 0.717) is 17.8 Å². The van der Waals surface area contributed by atoms with Crippen LogP contribution in [0.15, 0.2) is 41.9 Å². The average molecular weight is 259 g/mol. The molecule has 0 aliphatic carbocycles. The number of hydrogen-bond donors (Lipinski definition) is 0. The van der Waals surface area contributed by atoms with E-state index >= 15 is 0 Å². The molecule has 0 saturated carbocycles. The minimum atomic E-state index is 0.535. The van der Waals surface area contributed by atoms with E-state index in [-0.39, 0.29) is 0 Å². The summed E-state index contributed by atoms with van der Waals surface area (Å²) in [6.07, 6.45) is 3.07. The highest BCUT2D eigenvalue weighted by Gasteiger charge is 2.27. The number of nitrogens with zero attached hydrogens (tertiary/aromatic N) is 1.